The van der Waals surface area contributed by atoms with Crippen molar-refractivity contribution in [3.63, 3.8) is 0 Å². The number of carbonyl (C=O) groups excluding carboxylic acids is 1. The van der Waals surface area contributed by atoms with Gasteiger partial charge in [0.15, 0.2) is 0 Å². The molecule has 3 rings (SSSR count). The van der Waals surface area contributed by atoms with Crippen molar-refractivity contribution in [2.45, 2.75) is 6.42 Å². The van der Waals surface area contributed by atoms with E-state index in [1.807, 2.05) is 36.4 Å². The summed E-state index contributed by atoms with van der Waals surface area (Å²) in [7, 11) is 0. The maximum absolute atomic E-state index is 12.2. The number of hydrogen-bond donors (Lipinski definition) is 2. The minimum absolute atomic E-state index is 0.214. The number of carbonyl (C=O) groups is 1. The molecule has 0 atom stereocenters. The van der Waals surface area contributed by atoms with Crippen LogP contribution in [0, 0.1) is 11.3 Å². The zero-order chi connectivity index (χ0) is 19.1. The maximum Gasteiger partial charge on any atom is 0.269 e. The molecule has 2 N–H and O–H groups in total. The van der Waals surface area contributed by atoms with Gasteiger partial charge in [0, 0.05) is 17.3 Å². The predicted molar refractivity (Wildman–Crippen MR) is 106 cm³/mol. The summed E-state index contributed by atoms with van der Waals surface area (Å²) >= 11 is 5.86. The Morgan fingerprint density at radius 3 is 2.33 bits per heavy atom. The fourth-order valence-corrected chi connectivity index (χ4v) is 2.58. The van der Waals surface area contributed by atoms with Gasteiger partial charge in [0.1, 0.15) is 5.69 Å². The van der Waals surface area contributed by atoms with Gasteiger partial charge in [-0.25, -0.2) is 4.98 Å². The van der Waals surface area contributed by atoms with Gasteiger partial charge < -0.3 is 10.6 Å². The quantitative estimate of drug-likeness (QED) is 0.671. The smallest absolute Gasteiger partial charge is 0.269 e. The van der Waals surface area contributed by atoms with Crippen LogP contribution >= 0.6 is 11.6 Å². The lowest BCUT2D eigenvalue weighted by Crippen LogP contribution is -2.26. The van der Waals surface area contributed by atoms with E-state index in [2.05, 4.69) is 21.7 Å². The first-order valence-corrected chi connectivity index (χ1v) is 8.78. The molecule has 134 valence electrons. The van der Waals surface area contributed by atoms with Crippen LogP contribution in [0.2, 0.25) is 5.02 Å². The lowest BCUT2D eigenvalue weighted by Gasteiger charge is -2.08. The standard InChI is InChI=1S/C21H17ClN4O/c22-17-5-1-15(2-6-17)11-12-24-21(27)20-10-9-19(14-25-20)26-18-7-3-16(13-23)4-8-18/h1-10,14,26H,11-12H2,(H,24,27). The topological polar surface area (TPSA) is 77.8 Å². The number of nitriles is 1. The normalized spacial score (nSPS) is 10.1. The summed E-state index contributed by atoms with van der Waals surface area (Å²) in [5.41, 5.74) is 3.67. The molecule has 0 fully saturated rings. The summed E-state index contributed by atoms with van der Waals surface area (Å²) in [6, 6.07) is 20.2. The first-order chi connectivity index (χ1) is 13.1. The fraction of sp³-hybridized carbons (Fsp3) is 0.0952. The largest absolute Gasteiger partial charge is 0.354 e. The maximum atomic E-state index is 12.2. The summed E-state index contributed by atoms with van der Waals surface area (Å²) < 4.78 is 0. The lowest BCUT2D eigenvalue weighted by atomic mass is 10.1. The molecule has 0 bridgehead atoms. The first-order valence-electron chi connectivity index (χ1n) is 8.40. The molecule has 6 heteroatoms. The zero-order valence-electron chi connectivity index (χ0n) is 14.4. The van der Waals surface area contributed by atoms with Crippen molar-refractivity contribution in [2.75, 3.05) is 11.9 Å². The molecular formula is C21H17ClN4O. The summed E-state index contributed by atoms with van der Waals surface area (Å²) in [6.45, 7) is 0.521. The molecule has 0 aliphatic heterocycles. The number of aromatic nitrogens is 1. The van der Waals surface area contributed by atoms with Crippen molar-refractivity contribution in [1.82, 2.24) is 10.3 Å². The van der Waals surface area contributed by atoms with Gasteiger partial charge in [0.25, 0.3) is 5.91 Å². The Balaban J connectivity index is 1.52. The van der Waals surface area contributed by atoms with E-state index in [0.717, 1.165) is 23.4 Å². The van der Waals surface area contributed by atoms with Crippen LogP contribution in [-0.4, -0.2) is 17.4 Å². The van der Waals surface area contributed by atoms with Crippen molar-refractivity contribution in [1.29, 1.82) is 5.26 Å². The number of nitrogens with one attached hydrogen (secondary N) is 2. The van der Waals surface area contributed by atoms with E-state index < -0.39 is 0 Å². The number of halogens is 1. The summed E-state index contributed by atoms with van der Waals surface area (Å²) in [4.78, 5) is 16.4. The summed E-state index contributed by atoms with van der Waals surface area (Å²) in [5.74, 6) is -0.214. The number of pyridine rings is 1. The Labute approximate surface area is 162 Å². The zero-order valence-corrected chi connectivity index (χ0v) is 15.2. The number of benzene rings is 2. The van der Waals surface area contributed by atoms with Crippen LogP contribution in [0.25, 0.3) is 0 Å². The van der Waals surface area contributed by atoms with E-state index in [1.165, 1.54) is 0 Å². The van der Waals surface area contributed by atoms with Gasteiger partial charge >= 0.3 is 0 Å². The third kappa shape index (κ3) is 5.30. The molecular weight excluding hydrogens is 360 g/mol. The van der Waals surface area contributed by atoms with Crippen LogP contribution in [0.5, 0.6) is 0 Å². The van der Waals surface area contributed by atoms with Gasteiger partial charge in [-0.1, -0.05) is 23.7 Å². The highest BCUT2D eigenvalue weighted by Gasteiger charge is 2.07. The lowest BCUT2D eigenvalue weighted by molar-refractivity contribution is 0.0949. The van der Waals surface area contributed by atoms with Crippen LogP contribution in [0.4, 0.5) is 11.4 Å². The molecule has 0 radical (unpaired) electrons. The van der Waals surface area contributed by atoms with Crippen LogP contribution < -0.4 is 10.6 Å². The molecule has 0 aliphatic carbocycles. The van der Waals surface area contributed by atoms with Gasteiger partial charge in [-0.15, -0.1) is 0 Å². The third-order valence-corrected chi connectivity index (χ3v) is 4.16. The molecule has 0 unspecified atom stereocenters. The van der Waals surface area contributed by atoms with E-state index in [9.17, 15) is 4.79 Å². The number of rotatable bonds is 6. The average molecular weight is 377 g/mol. The molecule has 0 aliphatic rings. The Bertz CT molecular complexity index is 945. The molecule has 1 aromatic heterocycles. The number of hydrogen-bond acceptors (Lipinski definition) is 4. The Morgan fingerprint density at radius 1 is 1.00 bits per heavy atom. The van der Waals surface area contributed by atoms with Crippen LogP contribution in [0.1, 0.15) is 21.6 Å². The predicted octanol–water partition coefficient (Wildman–Crippen LogP) is 4.32. The van der Waals surface area contributed by atoms with E-state index in [4.69, 9.17) is 16.9 Å². The monoisotopic (exact) mass is 376 g/mol. The number of anilines is 2. The van der Waals surface area contributed by atoms with Crippen LogP contribution in [0.3, 0.4) is 0 Å². The van der Waals surface area contributed by atoms with Gasteiger partial charge in [-0.05, 0) is 60.5 Å². The molecule has 1 heterocycles. The van der Waals surface area contributed by atoms with Crippen molar-refractivity contribution >= 4 is 28.9 Å². The average Bonchev–Trinajstić information content (AvgIpc) is 2.70. The second kappa shape index (κ2) is 8.84. The number of nitrogens with zero attached hydrogens (tertiary/aromatic N) is 2. The van der Waals surface area contributed by atoms with E-state index in [1.54, 1.807) is 30.5 Å². The molecule has 5 nitrogen and oxygen atoms in total. The third-order valence-electron chi connectivity index (χ3n) is 3.91. The van der Waals surface area contributed by atoms with Crippen LogP contribution in [-0.2, 0) is 6.42 Å². The molecule has 0 saturated carbocycles. The molecule has 0 spiro atoms. The van der Waals surface area contributed by atoms with Gasteiger partial charge in [0.05, 0.1) is 23.5 Å². The minimum Gasteiger partial charge on any atom is -0.354 e. The second-order valence-electron chi connectivity index (χ2n) is 5.88. The fourth-order valence-electron chi connectivity index (χ4n) is 2.46. The van der Waals surface area contributed by atoms with E-state index >= 15 is 0 Å². The van der Waals surface area contributed by atoms with Gasteiger partial charge in [-0.3, -0.25) is 4.79 Å². The molecule has 2 aromatic carbocycles. The van der Waals surface area contributed by atoms with Crippen molar-refractivity contribution in [2.24, 2.45) is 0 Å². The van der Waals surface area contributed by atoms with Crippen molar-refractivity contribution in [3.05, 3.63) is 88.7 Å². The highest BCUT2D eigenvalue weighted by atomic mass is 35.5. The highest BCUT2D eigenvalue weighted by Crippen LogP contribution is 2.16. The van der Waals surface area contributed by atoms with Crippen molar-refractivity contribution in [3.8, 4) is 6.07 Å². The van der Waals surface area contributed by atoms with E-state index in [0.29, 0.717) is 22.8 Å². The molecule has 27 heavy (non-hydrogen) atoms. The summed E-state index contributed by atoms with van der Waals surface area (Å²) in [5, 5.41) is 15.5. The van der Waals surface area contributed by atoms with Gasteiger partial charge in [0.2, 0.25) is 0 Å². The van der Waals surface area contributed by atoms with E-state index in [-0.39, 0.29) is 5.91 Å². The first kappa shape index (κ1) is 18.4. The Kier molecular flexibility index (Phi) is 6.03. The Morgan fingerprint density at radius 2 is 1.70 bits per heavy atom. The Hall–Kier alpha value is -3.36. The van der Waals surface area contributed by atoms with Gasteiger partial charge in [-0.2, -0.15) is 5.26 Å². The highest BCUT2D eigenvalue weighted by molar-refractivity contribution is 6.30. The minimum atomic E-state index is -0.214. The van der Waals surface area contributed by atoms with Crippen molar-refractivity contribution < 1.29 is 4.79 Å². The SMILES string of the molecule is N#Cc1ccc(Nc2ccc(C(=O)NCCc3ccc(Cl)cc3)nc2)cc1. The number of amides is 1. The summed E-state index contributed by atoms with van der Waals surface area (Å²) in [6.07, 6.45) is 2.33. The van der Waals surface area contributed by atoms with Crippen LogP contribution in [0.15, 0.2) is 66.9 Å². The molecule has 1 amide bonds. The molecule has 0 saturated heterocycles. The molecule has 3 aromatic rings. The second-order valence-corrected chi connectivity index (χ2v) is 6.32.